The topological polar surface area (TPSA) is 69.4 Å². The fraction of sp³-hybridized carbons (Fsp3) is 0.0833. The summed E-state index contributed by atoms with van der Waals surface area (Å²) in [5.41, 5.74) is 1.69. The van der Waals surface area contributed by atoms with Crippen molar-refractivity contribution < 1.29 is 0 Å². The number of hydrogen-bond donors (Lipinski definition) is 0. The van der Waals surface area contributed by atoms with Crippen LogP contribution in [0.3, 0.4) is 0 Å². The Morgan fingerprint density at radius 3 is 2.89 bits per heavy atom. The van der Waals surface area contributed by atoms with Crippen molar-refractivity contribution in [1.29, 1.82) is 0 Å². The summed E-state index contributed by atoms with van der Waals surface area (Å²) in [7, 11) is 0. The summed E-state index contributed by atoms with van der Waals surface area (Å²) in [5.74, 6) is 1.40. The van der Waals surface area contributed by atoms with Crippen LogP contribution in [0.2, 0.25) is 0 Å². The third-order valence-corrected chi connectivity index (χ3v) is 2.45. The van der Waals surface area contributed by atoms with Crippen molar-refractivity contribution >= 4 is 0 Å². The molecule has 0 aromatic carbocycles. The van der Waals surface area contributed by atoms with Gasteiger partial charge < -0.3 is 0 Å². The zero-order chi connectivity index (χ0) is 12.4. The van der Waals surface area contributed by atoms with Gasteiger partial charge in [0.05, 0.1) is 6.20 Å². The van der Waals surface area contributed by atoms with Crippen LogP contribution in [0.25, 0.3) is 17.1 Å². The highest BCUT2D eigenvalue weighted by molar-refractivity contribution is 5.56. The monoisotopic (exact) mass is 238 g/mol. The molecule has 0 aliphatic carbocycles. The molecule has 3 heterocycles. The quantitative estimate of drug-likeness (QED) is 0.675. The average molecular weight is 238 g/mol. The molecule has 0 spiro atoms. The second-order valence-electron chi connectivity index (χ2n) is 3.75. The second kappa shape index (κ2) is 4.33. The van der Waals surface area contributed by atoms with Gasteiger partial charge in [0.15, 0.2) is 5.82 Å². The summed E-state index contributed by atoms with van der Waals surface area (Å²) in [6.07, 6.45) is 6.99. The minimum absolute atomic E-state index is 0.699. The summed E-state index contributed by atoms with van der Waals surface area (Å²) in [6.45, 7) is 1.84. The maximum absolute atomic E-state index is 4.28. The van der Waals surface area contributed by atoms with Crippen molar-refractivity contribution in [2.24, 2.45) is 0 Å². The number of hydrogen-bond acceptors (Lipinski definition) is 5. The van der Waals surface area contributed by atoms with E-state index in [1.165, 1.54) is 0 Å². The number of aryl methyl sites for hydroxylation is 1. The lowest BCUT2D eigenvalue weighted by atomic mass is 10.2. The van der Waals surface area contributed by atoms with Gasteiger partial charge in [-0.05, 0) is 19.1 Å². The normalized spacial score (nSPS) is 10.5. The first-order chi connectivity index (χ1) is 8.83. The van der Waals surface area contributed by atoms with Gasteiger partial charge in [0.25, 0.3) is 0 Å². The molecule has 0 aliphatic rings. The Hall–Kier alpha value is -2.63. The fourth-order valence-electron chi connectivity index (χ4n) is 1.59. The van der Waals surface area contributed by atoms with Crippen molar-refractivity contribution in [3.8, 4) is 17.1 Å². The van der Waals surface area contributed by atoms with Gasteiger partial charge in [-0.3, -0.25) is 4.98 Å². The van der Waals surface area contributed by atoms with Crippen LogP contribution in [0.4, 0.5) is 0 Å². The molecule has 3 aromatic heterocycles. The van der Waals surface area contributed by atoms with Gasteiger partial charge in [0.2, 0.25) is 0 Å². The van der Waals surface area contributed by atoms with Crippen LogP contribution in [-0.4, -0.2) is 29.9 Å². The van der Waals surface area contributed by atoms with Crippen LogP contribution < -0.4 is 0 Å². The molecule has 0 radical (unpaired) electrons. The molecule has 88 valence electrons. The summed E-state index contributed by atoms with van der Waals surface area (Å²) in [5, 5.41) is 8.16. The zero-order valence-electron chi connectivity index (χ0n) is 9.72. The molecule has 0 atom stereocenters. The molecule has 0 fully saturated rings. The van der Waals surface area contributed by atoms with E-state index in [9.17, 15) is 0 Å². The second-order valence-corrected chi connectivity index (χ2v) is 3.75. The molecular formula is C12H10N6. The van der Waals surface area contributed by atoms with Crippen molar-refractivity contribution in [2.45, 2.75) is 6.92 Å². The molecule has 0 aliphatic heterocycles. The molecule has 0 saturated carbocycles. The summed E-state index contributed by atoms with van der Waals surface area (Å²) < 4.78 is 1.62. The van der Waals surface area contributed by atoms with E-state index < -0.39 is 0 Å². The average Bonchev–Trinajstić information content (AvgIpc) is 2.89. The molecule has 3 aromatic rings. The van der Waals surface area contributed by atoms with Gasteiger partial charge >= 0.3 is 0 Å². The minimum Gasteiger partial charge on any atom is -0.264 e. The number of rotatable bonds is 2. The van der Waals surface area contributed by atoms with Gasteiger partial charge in [0, 0.05) is 30.2 Å². The highest BCUT2D eigenvalue weighted by Gasteiger charge is 2.06. The van der Waals surface area contributed by atoms with E-state index in [-0.39, 0.29) is 0 Å². The Morgan fingerprint density at radius 1 is 1.17 bits per heavy atom. The molecular weight excluding hydrogens is 228 g/mol. The van der Waals surface area contributed by atoms with Gasteiger partial charge in [-0.1, -0.05) is 5.21 Å². The van der Waals surface area contributed by atoms with Crippen LogP contribution in [0.1, 0.15) is 5.82 Å². The molecule has 0 unspecified atom stereocenters. The lowest BCUT2D eigenvalue weighted by Crippen LogP contribution is -2.00. The summed E-state index contributed by atoms with van der Waals surface area (Å²) >= 11 is 0. The van der Waals surface area contributed by atoms with E-state index in [4.69, 9.17) is 0 Å². The largest absolute Gasteiger partial charge is 0.264 e. The predicted molar refractivity (Wildman–Crippen MR) is 64.9 cm³/mol. The number of nitrogens with zero attached hydrogens (tertiary/aromatic N) is 6. The Kier molecular flexibility index (Phi) is 2.53. The minimum atomic E-state index is 0.699. The maximum Gasteiger partial charge on any atom is 0.158 e. The summed E-state index contributed by atoms with van der Waals surface area (Å²) in [6, 6.07) is 5.59. The molecule has 3 rings (SSSR count). The summed E-state index contributed by atoms with van der Waals surface area (Å²) in [4.78, 5) is 12.4. The fourth-order valence-corrected chi connectivity index (χ4v) is 1.59. The lowest BCUT2D eigenvalue weighted by molar-refractivity contribution is 0.772. The third kappa shape index (κ3) is 1.95. The Morgan fingerprint density at radius 2 is 2.11 bits per heavy atom. The Labute approximate surface area is 103 Å². The first-order valence-electron chi connectivity index (χ1n) is 5.46. The van der Waals surface area contributed by atoms with E-state index >= 15 is 0 Å². The SMILES string of the molecule is Cc1nccc(-n2cc(-c3cccnc3)nn2)n1. The number of aromatic nitrogens is 6. The maximum atomic E-state index is 4.28. The van der Waals surface area contributed by atoms with Crippen LogP contribution in [0.5, 0.6) is 0 Å². The van der Waals surface area contributed by atoms with Gasteiger partial charge in [-0.15, -0.1) is 5.10 Å². The predicted octanol–water partition coefficient (Wildman–Crippen LogP) is 1.43. The molecule has 0 N–H and O–H groups in total. The van der Waals surface area contributed by atoms with Crippen LogP contribution in [0.15, 0.2) is 43.0 Å². The first-order valence-corrected chi connectivity index (χ1v) is 5.46. The highest BCUT2D eigenvalue weighted by atomic mass is 15.4. The highest BCUT2D eigenvalue weighted by Crippen LogP contribution is 2.15. The Balaban J connectivity index is 2.00. The molecule has 0 bridgehead atoms. The molecule has 6 nitrogen and oxygen atoms in total. The standard InChI is InChI=1S/C12H10N6/c1-9-14-6-4-12(15-9)18-8-11(16-17-18)10-3-2-5-13-7-10/h2-8H,1H3. The van der Waals surface area contributed by atoms with Crippen molar-refractivity contribution in [3.05, 3.63) is 48.8 Å². The lowest BCUT2D eigenvalue weighted by Gasteiger charge is -1.98. The molecule has 6 heteroatoms. The van der Waals surface area contributed by atoms with E-state index in [0.717, 1.165) is 11.3 Å². The van der Waals surface area contributed by atoms with Crippen LogP contribution >= 0.6 is 0 Å². The van der Waals surface area contributed by atoms with Crippen molar-refractivity contribution in [2.75, 3.05) is 0 Å². The zero-order valence-corrected chi connectivity index (χ0v) is 9.72. The van der Waals surface area contributed by atoms with Crippen molar-refractivity contribution in [1.82, 2.24) is 29.9 Å². The smallest absolute Gasteiger partial charge is 0.158 e. The van der Waals surface area contributed by atoms with Gasteiger partial charge in [-0.2, -0.15) is 0 Å². The Bertz CT molecular complexity index is 661. The van der Waals surface area contributed by atoms with E-state index in [2.05, 4.69) is 25.3 Å². The molecule has 0 saturated heterocycles. The van der Waals surface area contributed by atoms with E-state index in [0.29, 0.717) is 11.6 Å². The molecule has 0 amide bonds. The molecule has 18 heavy (non-hydrogen) atoms. The number of pyridine rings is 1. The van der Waals surface area contributed by atoms with Gasteiger partial charge in [0.1, 0.15) is 11.5 Å². The van der Waals surface area contributed by atoms with Gasteiger partial charge in [-0.25, -0.2) is 14.6 Å². The third-order valence-electron chi connectivity index (χ3n) is 2.45. The van der Waals surface area contributed by atoms with Crippen molar-refractivity contribution in [3.63, 3.8) is 0 Å². The first kappa shape index (κ1) is 10.5. The van der Waals surface area contributed by atoms with E-state index in [1.807, 2.05) is 25.3 Å². The van der Waals surface area contributed by atoms with E-state index in [1.54, 1.807) is 29.3 Å². The van der Waals surface area contributed by atoms with Crippen LogP contribution in [0, 0.1) is 6.92 Å². The van der Waals surface area contributed by atoms with Crippen LogP contribution in [-0.2, 0) is 0 Å².